The number of hydrogen-bond acceptors (Lipinski definition) is 3. The normalized spacial score (nSPS) is 22.3. The van der Waals surface area contributed by atoms with Crippen LogP contribution in [0.2, 0.25) is 0 Å². The molecule has 0 bridgehead atoms. The summed E-state index contributed by atoms with van der Waals surface area (Å²) < 4.78 is 23.5. The van der Waals surface area contributed by atoms with Crippen LogP contribution in [0.4, 0.5) is 4.79 Å². The van der Waals surface area contributed by atoms with E-state index in [0.717, 1.165) is 19.1 Å². The number of likely N-dealkylation sites (N-methyl/N-ethyl adjacent to an activating group) is 1. The van der Waals surface area contributed by atoms with Gasteiger partial charge in [0.05, 0.1) is 6.26 Å². The maximum absolute atomic E-state index is 11.2. The maximum atomic E-state index is 11.2. The Morgan fingerprint density at radius 2 is 2.20 bits per heavy atom. The van der Waals surface area contributed by atoms with Crippen LogP contribution < -0.4 is 0 Å². The Bertz CT molecular complexity index is 341. The molecule has 6 nitrogen and oxygen atoms in total. The van der Waals surface area contributed by atoms with Crippen LogP contribution in [0.1, 0.15) is 12.8 Å². The van der Waals surface area contributed by atoms with Crippen LogP contribution in [0.25, 0.3) is 0 Å². The van der Waals surface area contributed by atoms with E-state index >= 15 is 0 Å². The zero-order valence-electron chi connectivity index (χ0n) is 8.88. The van der Waals surface area contributed by atoms with Crippen LogP contribution >= 0.6 is 0 Å². The third-order valence-electron chi connectivity index (χ3n) is 2.66. The van der Waals surface area contributed by atoms with Crippen LogP contribution in [0.5, 0.6) is 0 Å². The van der Waals surface area contributed by atoms with Crippen molar-refractivity contribution in [3.05, 3.63) is 0 Å². The lowest BCUT2D eigenvalue weighted by atomic mass is 10.2. The number of sulfonamides is 1. The molecule has 88 valence electrons. The van der Waals surface area contributed by atoms with E-state index in [-0.39, 0.29) is 12.6 Å². The van der Waals surface area contributed by atoms with Gasteiger partial charge in [-0.25, -0.2) is 17.5 Å². The van der Waals surface area contributed by atoms with Gasteiger partial charge in [0.2, 0.25) is 10.0 Å². The molecule has 1 aliphatic rings. The highest BCUT2D eigenvalue weighted by Gasteiger charge is 2.30. The maximum Gasteiger partial charge on any atom is 0.407 e. The van der Waals surface area contributed by atoms with E-state index in [1.807, 2.05) is 0 Å². The first kappa shape index (κ1) is 12.3. The van der Waals surface area contributed by atoms with Gasteiger partial charge < -0.3 is 10.0 Å². The zero-order valence-corrected chi connectivity index (χ0v) is 9.70. The summed E-state index contributed by atoms with van der Waals surface area (Å²) >= 11 is 0. The van der Waals surface area contributed by atoms with E-state index in [2.05, 4.69) is 0 Å². The van der Waals surface area contributed by atoms with Crippen molar-refractivity contribution in [1.82, 2.24) is 9.21 Å². The standard InChI is InChI=1S/C8H16N2O4S/c1-9(15(2,13)14)6-7-4-3-5-10(7)8(11)12/h7H,3-6H2,1-2H3,(H,11,12). The predicted octanol–water partition coefficient (Wildman–Crippen LogP) is 0.0202. The second kappa shape index (κ2) is 4.36. The Labute approximate surface area is 89.5 Å². The van der Waals surface area contributed by atoms with Gasteiger partial charge in [-0.2, -0.15) is 0 Å². The highest BCUT2D eigenvalue weighted by Crippen LogP contribution is 2.18. The first-order chi connectivity index (χ1) is 6.82. The van der Waals surface area contributed by atoms with Gasteiger partial charge in [-0.1, -0.05) is 0 Å². The van der Waals surface area contributed by atoms with Crippen LogP contribution in [-0.4, -0.2) is 61.3 Å². The van der Waals surface area contributed by atoms with Crippen LogP contribution in [0.15, 0.2) is 0 Å². The quantitative estimate of drug-likeness (QED) is 0.749. The molecule has 0 radical (unpaired) electrons. The fraction of sp³-hybridized carbons (Fsp3) is 0.875. The molecule has 0 spiro atoms. The molecule has 7 heteroatoms. The average Bonchev–Trinajstić information content (AvgIpc) is 2.50. The highest BCUT2D eigenvalue weighted by molar-refractivity contribution is 7.88. The second-order valence-electron chi connectivity index (χ2n) is 3.82. The van der Waals surface area contributed by atoms with E-state index < -0.39 is 16.1 Å². The van der Waals surface area contributed by atoms with Crippen molar-refractivity contribution in [1.29, 1.82) is 0 Å². The summed E-state index contributed by atoms with van der Waals surface area (Å²) in [6.07, 6.45) is 1.67. The van der Waals surface area contributed by atoms with E-state index in [9.17, 15) is 13.2 Å². The molecule has 1 atom stereocenters. The second-order valence-corrected chi connectivity index (χ2v) is 5.90. The molecule has 1 saturated heterocycles. The average molecular weight is 236 g/mol. The van der Waals surface area contributed by atoms with Gasteiger partial charge in [0.25, 0.3) is 0 Å². The molecule has 1 fully saturated rings. The molecule has 1 N–H and O–H groups in total. The Morgan fingerprint density at radius 3 is 2.67 bits per heavy atom. The largest absolute Gasteiger partial charge is 0.465 e. The molecule has 1 heterocycles. The van der Waals surface area contributed by atoms with Gasteiger partial charge in [0.1, 0.15) is 0 Å². The number of likely N-dealkylation sites (tertiary alicyclic amines) is 1. The van der Waals surface area contributed by atoms with E-state index in [1.54, 1.807) is 0 Å². The van der Waals surface area contributed by atoms with Gasteiger partial charge in [-0.05, 0) is 12.8 Å². The smallest absolute Gasteiger partial charge is 0.407 e. The highest BCUT2D eigenvalue weighted by atomic mass is 32.2. The van der Waals surface area contributed by atoms with Crippen molar-refractivity contribution >= 4 is 16.1 Å². The number of nitrogens with zero attached hydrogens (tertiary/aromatic N) is 2. The van der Waals surface area contributed by atoms with Gasteiger partial charge in [-0.15, -0.1) is 0 Å². The van der Waals surface area contributed by atoms with Gasteiger partial charge >= 0.3 is 6.09 Å². The summed E-state index contributed by atoms with van der Waals surface area (Å²) in [4.78, 5) is 12.1. The van der Waals surface area contributed by atoms with Crippen molar-refractivity contribution in [2.45, 2.75) is 18.9 Å². The molecule has 1 unspecified atom stereocenters. The summed E-state index contributed by atoms with van der Waals surface area (Å²) in [6, 6.07) is -0.206. The van der Waals surface area contributed by atoms with E-state index in [4.69, 9.17) is 5.11 Å². The minimum absolute atomic E-state index is 0.206. The molecule has 0 saturated carbocycles. The van der Waals surface area contributed by atoms with Crippen molar-refractivity contribution in [3.63, 3.8) is 0 Å². The molecular formula is C8H16N2O4S. The third-order valence-corrected chi connectivity index (χ3v) is 3.94. The fourth-order valence-electron chi connectivity index (χ4n) is 1.71. The lowest BCUT2D eigenvalue weighted by Gasteiger charge is -2.25. The molecule has 1 rings (SSSR count). The zero-order chi connectivity index (χ0) is 11.6. The summed E-state index contributed by atoms with van der Waals surface area (Å²) in [7, 11) is -1.76. The summed E-state index contributed by atoms with van der Waals surface area (Å²) in [5, 5.41) is 8.86. The number of rotatable bonds is 3. The Hall–Kier alpha value is -0.820. The topological polar surface area (TPSA) is 77.9 Å². The van der Waals surface area contributed by atoms with Crippen molar-refractivity contribution in [3.8, 4) is 0 Å². The first-order valence-electron chi connectivity index (χ1n) is 4.73. The van der Waals surface area contributed by atoms with Crippen molar-refractivity contribution in [2.24, 2.45) is 0 Å². The summed E-state index contributed by atoms with van der Waals surface area (Å²) in [5.74, 6) is 0. The number of carboxylic acid groups (broad SMARTS) is 1. The first-order valence-corrected chi connectivity index (χ1v) is 6.58. The number of carbonyl (C=O) groups is 1. The van der Waals surface area contributed by atoms with Gasteiger partial charge in [0.15, 0.2) is 0 Å². The number of amides is 1. The molecule has 0 aliphatic carbocycles. The minimum atomic E-state index is -3.23. The summed E-state index contributed by atoms with van der Waals surface area (Å²) in [5.41, 5.74) is 0. The van der Waals surface area contributed by atoms with Crippen molar-refractivity contribution < 1.29 is 18.3 Å². The lowest BCUT2D eigenvalue weighted by molar-refractivity contribution is 0.136. The molecule has 0 aromatic carbocycles. The monoisotopic (exact) mass is 236 g/mol. The SMILES string of the molecule is CN(CC1CCCN1C(=O)O)S(C)(=O)=O. The van der Waals surface area contributed by atoms with Crippen LogP contribution in [0.3, 0.4) is 0 Å². The van der Waals surface area contributed by atoms with E-state index in [1.165, 1.54) is 16.3 Å². The Morgan fingerprint density at radius 1 is 1.60 bits per heavy atom. The predicted molar refractivity (Wildman–Crippen MR) is 55.2 cm³/mol. The molecular weight excluding hydrogens is 220 g/mol. The van der Waals surface area contributed by atoms with E-state index in [0.29, 0.717) is 6.54 Å². The van der Waals surface area contributed by atoms with Gasteiger partial charge in [-0.3, -0.25) is 0 Å². The fourth-order valence-corrected chi connectivity index (χ4v) is 2.15. The van der Waals surface area contributed by atoms with Crippen LogP contribution in [-0.2, 0) is 10.0 Å². The summed E-state index contributed by atoms with van der Waals surface area (Å²) in [6.45, 7) is 0.739. The van der Waals surface area contributed by atoms with Gasteiger partial charge in [0, 0.05) is 26.2 Å². The minimum Gasteiger partial charge on any atom is -0.465 e. The molecule has 15 heavy (non-hydrogen) atoms. The third kappa shape index (κ3) is 3.07. The Kier molecular flexibility index (Phi) is 3.56. The molecule has 0 aromatic rings. The molecule has 0 aromatic heterocycles. The number of hydrogen-bond donors (Lipinski definition) is 1. The van der Waals surface area contributed by atoms with Crippen molar-refractivity contribution in [2.75, 3.05) is 26.4 Å². The lowest BCUT2D eigenvalue weighted by Crippen LogP contribution is -2.43. The molecule has 1 aliphatic heterocycles. The Balaban J connectivity index is 2.62. The molecule has 1 amide bonds. The van der Waals surface area contributed by atoms with Crippen LogP contribution in [0, 0.1) is 0 Å².